The van der Waals surface area contributed by atoms with Crippen molar-refractivity contribution in [2.45, 2.75) is 206 Å². The van der Waals surface area contributed by atoms with Crippen LogP contribution in [-0.2, 0) is 18.4 Å². The minimum atomic E-state index is -4.60. The van der Waals surface area contributed by atoms with Crippen molar-refractivity contribution in [1.82, 2.24) is 5.32 Å². The van der Waals surface area contributed by atoms with Crippen LogP contribution in [0, 0.1) is 0 Å². The lowest BCUT2D eigenvalue weighted by molar-refractivity contribution is -0.870. The lowest BCUT2D eigenvalue weighted by atomic mass is 10.1. The number of hydrogen-bond donors (Lipinski definition) is 2. The van der Waals surface area contributed by atoms with Gasteiger partial charge in [0.05, 0.1) is 39.9 Å². The molecule has 2 N–H and O–H groups in total. The van der Waals surface area contributed by atoms with Crippen LogP contribution in [-0.4, -0.2) is 68.5 Å². The Hall–Kier alpha value is -1.54. The van der Waals surface area contributed by atoms with Gasteiger partial charge in [-0.05, 0) is 70.6 Å². The quantitative estimate of drug-likeness (QED) is 0.0276. The van der Waals surface area contributed by atoms with E-state index in [-0.39, 0.29) is 12.5 Å². The number of allylic oxidation sites excluding steroid dienone is 7. The van der Waals surface area contributed by atoms with Crippen LogP contribution < -0.4 is 10.2 Å². The molecule has 0 aliphatic carbocycles. The number of nitrogens with zero attached hydrogens (tertiary/aromatic N) is 1. The van der Waals surface area contributed by atoms with Gasteiger partial charge in [0.25, 0.3) is 7.82 Å². The van der Waals surface area contributed by atoms with Crippen LogP contribution in [0.2, 0.25) is 0 Å². The van der Waals surface area contributed by atoms with E-state index in [9.17, 15) is 19.4 Å². The van der Waals surface area contributed by atoms with Crippen molar-refractivity contribution in [3.05, 3.63) is 48.6 Å². The summed E-state index contributed by atoms with van der Waals surface area (Å²) in [5.74, 6) is -0.218. The predicted molar refractivity (Wildman–Crippen MR) is 238 cm³/mol. The largest absolute Gasteiger partial charge is 0.756 e. The van der Waals surface area contributed by atoms with Crippen LogP contribution in [0.5, 0.6) is 0 Å². The molecule has 0 saturated carbocycles. The van der Waals surface area contributed by atoms with Crippen LogP contribution in [0.4, 0.5) is 0 Å². The molecule has 0 aromatic rings. The Bertz CT molecular complexity index is 1050. The average Bonchev–Trinajstić information content (AvgIpc) is 3.15. The maximum Gasteiger partial charge on any atom is 0.268 e. The summed E-state index contributed by atoms with van der Waals surface area (Å²) in [4.78, 5) is 25.3. The summed E-state index contributed by atoms with van der Waals surface area (Å²) in [6.45, 7) is 4.57. The van der Waals surface area contributed by atoms with E-state index >= 15 is 0 Å². The van der Waals surface area contributed by atoms with Crippen LogP contribution in [0.3, 0.4) is 0 Å². The fraction of sp³-hybridized carbons (Fsp3) is 0.809. The van der Waals surface area contributed by atoms with E-state index in [1.54, 1.807) is 6.08 Å². The molecule has 0 bridgehead atoms. The normalized spacial score (nSPS) is 14.8. The molecule has 3 atom stereocenters. The highest BCUT2D eigenvalue weighted by atomic mass is 31.2. The molecule has 0 spiro atoms. The van der Waals surface area contributed by atoms with Gasteiger partial charge in [-0.15, -0.1) is 0 Å². The number of aliphatic hydroxyl groups excluding tert-OH is 1. The molecule has 56 heavy (non-hydrogen) atoms. The molecule has 0 heterocycles. The number of nitrogens with one attached hydrogen (secondary N) is 1. The zero-order valence-corrected chi connectivity index (χ0v) is 38.0. The van der Waals surface area contributed by atoms with Crippen LogP contribution in [0.25, 0.3) is 0 Å². The molecule has 0 aromatic heterocycles. The molecule has 8 nitrogen and oxygen atoms in total. The van der Waals surface area contributed by atoms with E-state index in [0.29, 0.717) is 17.4 Å². The van der Waals surface area contributed by atoms with Gasteiger partial charge in [0, 0.05) is 6.42 Å². The van der Waals surface area contributed by atoms with Crippen LogP contribution in [0.1, 0.15) is 194 Å². The SMILES string of the molecule is CCCCC/C=C/CC/C=C/CC/C=C/C(O)C(COP(=O)([O-])OCC[N+](C)(C)C)NC(=O)CCCCCCCCC/C=C\CCCCCCCCCCCC. The monoisotopic (exact) mass is 809 g/mol. The second-order valence-corrected chi connectivity index (χ2v) is 18.1. The van der Waals surface area contributed by atoms with E-state index in [2.05, 4.69) is 55.6 Å². The highest BCUT2D eigenvalue weighted by molar-refractivity contribution is 7.45. The van der Waals surface area contributed by atoms with Gasteiger partial charge in [-0.1, -0.05) is 165 Å². The number of carbonyl (C=O) groups is 1. The van der Waals surface area contributed by atoms with E-state index in [1.165, 1.54) is 122 Å². The number of hydrogen-bond acceptors (Lipinski definition) is 6. The summed E-state index contributed by atoms with van der Waals surface area (Å²) >= 11 is 0. The minimum Gasteiger partial charge on any atom is -0.756 e. The smallest absolute Gasteiger partial charge is 0.268 e. The fourth-order valence-corrected chi connectivity index (χ4v) is 7.02. The summed E-state index contributed by atoms with van der Waals surface area (Å²) in [6.07, 6.45) is 48.8. The first-order valence-electron chi connectivity index (χ1n) is 23.0. The third-order valence-corrected chi connectivity index (χ3v) is 11.0. The molecule has 0 saturated heterocycles. The van der Waals surface area contributed by atoms with Crippen molar-refractivity contribution >= 4 is 13.7 Å². The summed E-state index contributed by atoms with van der Waals surface area (Å²) in [5, 5.41) is 13.7. The van der Waals surface area contributed by atoms with Crippen molar-refractivity contribution in [2.24, 2.45) is 0 Å². The summed E-state index contributed by atoms with van der Waals surface area (Å²) < 4.78 is 23.2. The van der Waals surface area contributed by atoms with E-state index in [1.807, 2.05) is 27.2 Å². The van der Waals surface area contributed by atoms with Gasteiger partial charge in [0.2, 0.25) is 5.91 Å². The van der Waals surface area contributed by atoms with Crippen LogP contribution in [0.15, 0.2) is 48.6 Å². The van der Waals surface area contributed by atoms with Crippen molar-refractivity contribution in [1.29, 1.82) is 0 Å². The van der Waals surface area contributed by atoms with Gasteiger partial charge in [-0.2, -0.15) is 0 Å². The highest BCUT2D eigenvalue weighted by Crippen LogP contribution is 2.38. The van der Waals surface area contributed by atoms with Gasteiger partial charge in [0.15, 0.2) is 0 Å². The van der Waals surface area contributed by atoms with Gasteiger partial charge >= 0.3 is 0 Å². The van der Waals surface area contributed by atoms with E-state index in [4.69, 9.17) is 9.05 Å². The number of phosphoric ester groups is 1. The first kappa shape index (κ1) is 54.5. The molecular weight excluding hydrogens is 719 g/mol. The fourth-order valence-electron chi connectivity index (χ4n) is 6.30. The Morgan fingerprint density at radius 3 is 1.48 bits per heavy atom. The molecule has 0 fully saturated rings. The number of aliphatic hydroxyl groups is 1. The molecule has 0 aliphatic rings. The Balaban J connectivity index is 4.39. The lowest BCUT2D eigenvalue weighted by Gasteiger charge is -2.29. The number of quaternary nitrogens is 1. The molecule has 9 heteroatoms. The molecule has 0 rings (SSSR count). The Labute approximate surface area is 346 Å². The van der Waals surface area contributed by atoms with Gasteiger partial charge in [-0.3, -0.25) is 9.36 Å². The van der Waals surface area contributed by atoms with E-state index in [0.717, 1.165) is 51.4 Å². The number of rotatable bonds is 41. The Morgan fingerprint density at radius 1 is 0.607 bits per heavy atom. The molecular formula is C47H89N2O6P. The molecule has 0 aromatic carbocycles. The standard InChI is InChI=1S/C47H89N2O6P/c1-6-8-10-12-14-16-18-20-21-22-23-24-25-26-27-29-31-33-35-37-39-41-47(51)48-45(44-55-56(52,53)54-43-42-49(3,4)5)46(50)40-38-36-34-32-30-28-19-17-15-13-11-9-7-2/h15,17,24-25,30,32,38,40,45-46,50H,6-14,16,18-23,26-29,31,33-37,39,41-44H2,1-5H3,(H-,48,51,52,53)/b17-15+,25-24-,32-30+,40-38+. The summed E-state index contributed by atoms with van der Waals surface area (Å²) in [6, 6.07) is -0.911. The average molecular weight is 809 g/mol. The Morgan fingerprint density at radius 2 is 1.00 bits per heavy atom. The number of unbranched alkanes of at least 4 members (excludes halogenated alkanes) is 22. The zero-order chi connectivity index (χ0) is 41.4. The molecule has 0 aliphatic heterocycles. The number of phosphoric acid groups is 1. The van der Waals surface area contributed by atoms with Crippen molar-refractivity contribution in [2.75, 3.05) is 40.9 Å². The predicted octanol–water partition coefficient (Wildman–Crippen LogP) is 12.2. The molecule has 328 valence electrons. The van der Waals surface area contributed by atoms with E-state index < -0.39 is 26.6 Å². The number of amides is 1. The lowest BCUT2D eigenvalue weighted by Crippen LogP contribution is -2.45. The second-order valence-electron chi connectivity index (χ2n) is 16.7. The number of carbonyl (C=O) groups excluding carboxylic acids is 1. The summed E-state index contributed by atoms with van der Waals surface area (Å²) in [7, 11) is 1.23. The van der Waals surface area contributed by atoms with Crippen LogP contribution >= 0.6 is 7.82 Å². The van der Waals surface area contributed by atoms with Gasteiger partial charge in [0.1, 0.15) is 13.2 Å². The second kappa shape index (κ2) is 38.9. The number of likely N-dealkylation sites (N-methyl/N-ethyl adjacent to an activating group) is 1. The van der Waals surface area contributed by atoms with Gasteiger partial charge in [-0.25, -0.2) is 0 Å². The third-order valence-electron chi connectivity index (χ3n) is 9.99. The summed E-state index contributed by atoms with van der Waals surface area (Å²) in [5.41, 5.74) is 0. The molecule has 1 amide bonds. The Kier molecular flexibility index (Phi) is 37.9. The minimum absolute atomic E-state index is 0.0109. The molecule has 0 radical (unpaired) electrons. The van der Waals surface area contributed by atoms with Crippen molar-refractivity contribution in [3.63, 3.8) is 0 Å². The van der Waals surface area contributed by atoms with Gasteiger partial charge < -0.3 is 28.8 Å². The maximum absolute atomic E-state index is 12.9. The first-order chi connectivity index (χ1) is 27.0. The molecule has 3 unspecified atom stereocenters. The zero-order valence-electron chi connectivity index (χ0n) is 37.1. The topological polar surface area (TPSA) is 108 Å². The third kappa shape index (κ3) is 40.6. The van der Waals surface area contributed by atoms with Crippen molar-refractivity contribution < 1.29 is 32.9 Å². The maximum atomic E-state index is 12.9. The first-order valence-corrected chi connectivity index (χ1v) is 24.5. The van der Waals surface area contributed by atoms with Crippen molar-refractivity contribution in [3.8, 4) is 0 Å². The highest BCUT2D eigenvalue weighted by Gasteiger charge is 2.23.